The van der Waals surface area contributed by atoms with Gasteiger partial charge in [0.2, 0.25) is 0 Å². The molecule has 0 saturated carbocycles. The van der Waals surface area contributed by atoms with Gasteiger partial charge in [-0.3, -0.25) is 24.7 Å². The van der Waals surface area contributed by atoms with E-state index in [0.29, 0.717) is 5.56 Å². The molecule has 0 aliphatic carbocycles. The third-order valence-corrected chi connectivity index (χ3v) is 5.72. The number of aromatic nitrogens is 1. The van der Waals surface area contributed by atoms with Crippen molar-refractivity contribution in [2.75, 3.05) is 19.0 Å². The van der Waals surface area contributed by atoms with Crippen LogP contribution < -0.4 is 4.90 Å². The van der Waals surface area contributed by atoms with Crippen LogP contribution in [0.1, 0.15) is 22.7 Å². The third kappa shape index (κ3) is 4.23. The van der Waals surface area contributed by atoms with Gasteiger partial charge in [0.25, 0.3) is 17.4 Å². The Morgan fingerprint density at radius 2 is 1.65 bits per heavy atom. The first-order valence-electron chi connectivity index (χ1n) is 10.5. The van der Waals surface area contributed by atoms with Crippen molar-refractivity contribution in [3.63, 3.8) is 0 Å². The summed E-state index contributed by atoms with van der Waals surface area (Å²) in [6.07, 6.45) is 3.20. The fourth-order valence-corrected chi connectivity index (χ4v) is 3.93. The van der Waals surface area contributed by atoms with Gasteiger partial charge in [0.05, 0.1) is 16.5 Å². The lowest BCUT2D eigenvalue weighted by Gasteiger charge is -2.26. The lowest BCUT2D eigenvalue weighted by atomic mass is 9.95. The molecular formula is C25H22N4O5. The Morgan fingerprint density at radius 3 is 2.21 bits per heavy atom. The number of carbonyl (C=O) groups excluding carboxylic acids is 2. The van der Waals surface area contributed by atoms with Crippen LogP contribution in [0.4, 0.5) is 11.4 Å². The Hall–Kier alpha value is -4.53. The molecule has 4 rings (SSSR count). The average molecular weight is 458 g/mol. The Morgan fingerprint density at radius 1 is 1.03 bits per heavy atom. The minimum Gasteiger partial charge on any atom is -0.507 e. The molecule has 2 aromatic carbocycles. The highest BCUT2D eigenvalue weighted by molar-refractivity contribution is 6.46. The number of hydrogen-bond acceptors (Lipinski definition) is 7. The van der Waals surface area contributed by atoms with E-state index < -0.39 is 22.7 Å². The first-order chi connectivity index (χ1) is 16.3. The largest absolute Gasteiger partial charge is 0.507 e. The topological polar surface area (TPSA) is 117 Å². The average Bonchev–Trinajstić information content (AvgIpc) is 3.09. The predicted octanol–water partition coefficient (Wildman–Crippen LogP) is 3.68. The van der Waals surface area contributed by atoms with Gasteiger partial charge in [-0.15, -0.1) is 0 Å². The van der Waals surface area contributed by atoms with Crippen molar-refractivity contribution in [3.8, 4) is 0 Å². The van der Waals surface area contributed by atoms with Crippen LogP contribution in [-0.2, 0) is 16.1 Å². The summed E-state index contributed by atoms with van der Waals surface area (Å²) in [6, 6.07) is 15.2. The van der Waals surface area contributed by atoms with Gasteiger partial charge in [-0.25, -0.2) is 0 Å². The van der Waals surface area contributed by atoms with Gasteiger partial charge in [0, 0.05) is 56.4 Å². The molecule has 34 heavy (non-hydrogen) atoms. The summed E-state index contributed by atoms with van der Waals surface area (Å²) in [5.74, 6) is -1.93. The highest BCUT2D eigenvalue weighted by Crippen LogP contribution is 2.40. The van der Waals surface area contributed by atoms with E-state index in [0.717, 1.165) is 11.3 Å². The number of likely N-dealkylation sites (tertiary alicyclic amines) is 1. The number of nitrogens with zero attached hydrogens (tertiary/aromatic N) is 4. The van der Waals surface area contributed by atoms with Crippen LogP contribution in [-0.4, -0.2) is 45.7 Å². The number of aliphatic hydroxyl groups excluding tert-OH is 1. The smallest absolute Gasteiger partial charge is 0.295 e. The predicted molar refractivity (Wildman–Crippen MR) is 126 cm³/mol. The van der Waals surface area contributed by atoms with Crippen LogP contribution in [0.15, 0.2) is 78.6 Å². The van der Waals surface area contributed by atoms with E-state index in [9.17, 15) is 24.8 Å². The summed E-state index contributed by atoms with van der Waals surface area (Å²) >= 11 is 0. The molecule has 0 spiro atoms. The minimum atomic E-state index is -0.834. The molecule has 2 heterocycles. The number of carbonyl (C=O) groups is 2. The zero-order valence-corrected chi connectivity index (χ0v) is 18.6. The summed E-state index contributed by atoms with van der Waals surface area (Å²) in [6.45, 7) is 0.143. The van der Waals surface area contributed by atoms with Crippen LogP contribution in [0.2, 0.25) is 0 Å². The number of rotatable bonds is 6. The summed E-state index contributed by atoms with van der Waals surface area (Å²) < 4.78 is 0. The van der Waals surface area contributed by atoms with E-state index in [4.69, 9.17) is 0 Å². The highest BCUT2D eigenvalue weighted by atomic mass is 16.6. The van der Waals surface area contributed by atoms with Gasteiger partial charge in [0.1, 0.15) is 5.76 Å². The van der Waals surface area contributed by atoms with Gasteiger partial charge in [-0.2, -0.15) is 0 Å². The van der Waals surface area contributed by atoms with E-state index in [2.05, 4.69) is 4.98 Å². The summed E-state index contributed by atoms with van der Waals surface area (Å²) in [5, 5.41) is 22.1. The SMILES string of the molecule is CN(C)c1ccc(C2/C(=C(/O)c3ccc([N+](=O)[O-])cc3)C(=O)C(=O)N2Cc2ccncc2)cc1. The lowest BCUT2D eigenvalue weighted by Crippen LogP contribution is -2.29. The molecule has 3 aromatic rings. The van der Waals surface area contributed by atoms with Crippen molar-refractivity contribution in [1.29, 1.82) is 0 Å². The van der Waals surface area contributed by atoms with Crippen molar-refractivity contribution in [1.82, 2.24) is 9.88 Å². The second-order valence-corrected chi connectivity index (χ2v) is 8.07. The molecule has 1 fully saturated rings. The second-order valence-electron chi connectivity index (χ2n) is 8.07. The molecule has 1 aromatic heterocycles. The number of anilines is 1. The fraction of sp³-hybridized carbons (Fsp3) is 0.160. The Bertz CT molecular complexity index is 1270. The number of nitro groups is 1. The molecule has 0 bridgehead atoms. The molecule has 1 N–H and O–H groups in total. The van der Waals surface area contributed by atoms with Crippen LogP contribution in [0.5, 0.6) is 0 Å². The van der Waals surface area contributed by atoms with E-state index in [1.54, 1.807) is 24.5 Å². The molecular weight excluding hydrogens is 436 g/mol. The number of non-ortho nitro benzene ring substituents is 1. The molecule has 1 atom stereocenters. The molecule has 1 aliphatic rings. The van der Waals surface area contributed by atoms with Crippen molar-refractivity contribution in [2.24, 2.45) is 0 Å². The summed E-state index contributed by atoms with van der Waals surface area (Å²) in [5.41, 5.74) is 2.37. The molecule has 1 saturated heterocycles. The first-order valence-corrected chi connectivity index (χ1v) is 10.5. The highest BCUT2D eigenvalue weighted by Gasteiger charge is 2.46. The molecule has 9 nitrogen and oxygen atoms in total. The quantitative estimate of drug-likeness (QED) is 0.197. The third-order valence-electron chi connectivity index (χ3n) is 5.72. The summed E-state index contributed by atoms with van der Waals surface area (Å²) in [7, 11) is 3.80. The number of benzene rings is 2. The molecule has 1 amide bonds. The maximum Gasteiger partial charge on any atom is 0.295 e. The van der Waals surface area contributed by atoms with Gasteiger partial charge in [-0.05, 0) is 47.5 Å². The van der Waals surface area contributed by atoms with E-state index in [-0.39, 0.29) is 29.1 Å². The number of aliphatic hydroxyl groups is 1. The van der Waals surface area contributed by atoms with E-state index in [1.165, 1.54) is 29.2 Å². The van der Waals surface area contributed by atoms with E-state index >= 15 is 0 Å². The maximum absolute atomic E-state index is 13.1. The Balaban J connectivity index is 1.83. The Labute approximate surface area is 195 Å². The monoisotopic (exact) mass is 458 g/mol. The van der Waals surface area contributed by atoms with Crippen LogP contribution in [0, 0.1) is 10.1 Å². The number of Topliss-reactive ketones (excluding diaryl/α,β-unsaturated/α-hetero) is 1. The van der Waals surface area contributed by atoms with Crippen molar-refractivity contribution in [3.05, 3.63) is 105 Å². The summed E-state index contributed by atoms with van der Waals surface area (Å²) in [4.78, 5) is 43.9. The minimum absolute atomic E-state index is 0.0643. The van der Waals surface area contributed by atoms with E-state index in [1.807, 2.05) is 43.3 Å². The molecule has 0 radical (unpaired) electrons. The van der Waals surface area contributed by atoms with Crippen LogP contribution >= 0.6 is 0 Å². The van der Waals surface area contributed by atoms with Gasteiger partial charge < -0.3 is 14.9 Å². The number of nitro benzene ring substituents is 1. The maximum atomic E-state index is 13.1. The first kappa shape index (κ1) is 22.7. The van der Waals surface area contributed by atoms with Crippen molar-refractivity contribution < 1.29 is 19.6 Å². The molecule has 1 aliphatic heterocycles. The zero-order valence-electron chi connectivity index (χ0n) is 18.6. The second kappa shape index (κ2) is 9.14. The normalized spacial score (nSPS) is 17.1. The number of amides is 1. The molecule has 172 valence electrons. The Kier molecular flexibility index (Phi) is 6.09. The molecule has 1 unspecified atom stereocenters. The van der Waals surface area contributed by atoms with Gasteiger partial charge in [-0.1, -0.05) is 12.1 Å². The fourth-order valence-electron chi connectivity index (χ4n) is 3.93. The van der Waals surface area contributed by atoms with Crippen molar-refractivity contribution >= 4 is 28.8 Å². The molecule has 9 heteroatoms. The number of pyridine rings is 1. The standard InChI is InChI=1S/C25H22N4O5/c1-27(2)19-7-3-17(4-8-19)22-21(23(30)18-5-9-20(10-6-18)29(33)34)24(31)25(32)28(22)15-16-11-13-26-14-12-16/h3-14,22,30H,15H2,1-2H3/b23-21-. The zero-order chi connectivity index (χ0) is 24.4. The lowest BCUT2D eigenvalue weighted by molar-refractivity contribution is -0.384. The van der Waals surface area contributed by atoms with Gasteiger partial charge in [0.15, 0.2) is 0 Å². The van der Waals surface area contributed by atoms with Crippen LogP contribution in [0.3, 0.4) is 0 Å². The van der Waals surface area contributed by atoms with Crippen LogP contribution in [0.25, 0.3) is 5.76 Å². The van der Waals surface area contributed by atoms with Crippen molar-refractivity contribution in [2.45, 2.75) is 12.6 Å². The number of hydrogen-bond donors (Lipinski definition) is 1. The van der Waals surface area contributed by atoms with Gasteiger partial charge >= 0.3 is 0 Å². The number of ketones is 1.